The van der Waals surface area contributed by atoms with Gasteiger partial charge in [0.2, 0.25) is 0 Å². The molecule has 19 heavy (non-hydrogen) atoms. The summed E-state index contributed by atoms with van der Waals surface area (Å²) in [5.74, 6) is 1.81. The molecule has 1 N–H and O–H groups in total. The lowest BCUT2D eigenvalue weighted by Gasteiger charge is -2.36. The van der Waals surface area contributed by atoms with E-state index < -0.39 is 0 Å². The van der Waals surface area contributed by atoms with Gasteiger partial charge >= 0.3 is 0 Å². The van der Waals surface area contributed by atoms with Gasteiger partial charge in [-0.3, -0.25) is 4.90 Å². The van der Waals surface area contributed by atoms with Crippen LogP contribution in [-0.4, -0.2) is 36.6 Å². The van der Waals surface area contributed by atoms with Crippen molar-refractivity contribution in [2.24, 2.45) is 11.8 Å². The van der Waals surface area contributed by atoms with E-state index in [0.717, 1.165) is 23.9 Å². The summed E-state index contributed by atoms with van der Waals surface area (Å²) in [6.07, 6.45) is 3.90. The first-order valence-corrected chi connectivity index (χ1v) is 7.86. The molecule has 0 radical (unpaired) electrons. The molecular weight excluding hydrogens is 232 g/mol. The summed E-state index contributed by atoms with van der Waals surface area (Å²) in [7, 11) is 0. The topological polar surface area (TPSA) is 15.3 Å². The Kier molecular flexibility index (Phi) is 2.89. The second-order valence-electron chi connectivity index (χ2n) is 6.68. The third kappa shape index (κ3) is 1.93. The number of benzene rings is 1. The number of aryl methyl sites for hydroxylation is 1. The van der Waals surface area contributed by atoms with Gasteiger partial charge in [0, 0.05) is 18.6 Å². The highest BCUT2D eigenvalue weighted by Gasteiger charge is 2.44. The van der Waals surface area contributed by atoms with Crippen LogP contribution >= 0.6 is 0 Å². The van der Waals surface area contributed by atoms with E-state index in [9.17, 15) is 0 Å². The molecule has 1 aliphatic carbocycles. The monoisotopic (exact) mass is 256 g/mol. The maximum absolute atomic E-state index is 3.57. The third-order valence-electron chi connectivity index (χ3n) is 5.77. The minimum Gasteiger partial charge on any atom is -0.316 e. The molecular formula is C17H24N2. The highest BCUT2D eigenvalue weighted by Crippen LogP contribution is 2.36. The van der Waals surface area contributed by atoms with E-state index in [0.29, 0.717) is 0 Å². The molecule has 2 heterocycles. The number of hydrogen-bond donors (Lipinski definition) is 1. The number of nitrogens with one attached hydrogen (secondary N) is 1. The van der Waals surface area contributed by atoms with Crippen LogP contribution < -0.4 is 5.32 Å². The predicted molar refractivity (Wildman–Crippen MR) is 78.3 cm³/mol. The first kappa shape index (κ1) is 11.9. The molecule has 0 spiro atoms. The lowest BCUT2D eigenvalue weighted by molar-refractivity contribution is 0.155. The molecule has 1 aromatic rings. The molecule has 2 saturated heterocycles. The number of rotatable bonds is 1. The molecule has 0 bridgehead atoms. The number of likely N-dealkylation sites (tertiary alicyclic amines) is 1. The molecule has 4 atom stereocenters. The third-order valence-corrected chi connectivity index (χ3v) is 5.77. The van der Waals surface area contributed by atoms with Gasteiger partial charge in [-0.25, -0.2) is 0 Å². The van der Waals surface area contributed by atoms with Crippen molar-refractivity contribution in [2.75, 3.05) is 19.6 Å². The molecule has 2 nitrogen and oxygen atoms in total. The Balaban J connectivity index is 1.53. The van der Waals surface area contributed by atoms with E-state index in [1.165, 1.54) is 38.9 Å². The van der Waals surface area contributed by atoms with Crippen molar-refractivity contribution in [3.8, 4) is 0 Å². The van der Waals surface area contributed by atoms with E-state index in [1.54, 1.807) is 11.1 Å². The summed E-state index contributed by atoms with van der Waals surface area (Å²) in [5.41, 5.74) is 3.19. The fourth-order valence-electron chi connectivity index (χ4n) is 4.64. The molecule has 0 saturated carbocycles. The SMILES string of the molecule is CC1C2CNCC2CN1C1CCc2ccccc2C1. The molecule has 0 aromatic heterocycles. The standard InChI is InChI=1S/C17H24N2/c1-12-17-10-18-9-15(17)11-19(12)16-7-6-13-4-2-3-5-14(13)8-16/h2-5,12,15-18H,6-11H2,1H3. The highest BCUT2D eigenvalue weighted by atomic mass is 15.2. The van der Waals surface area contributed by atoms with Crippen LogP contribution in [0.5, 0.6) is 0 Å². The lowest BCUT2D eigenvalue weighted by atomic mass is 9.87. The molecule has 102 valence electrons. The van der Waals surface area contributed by atoms with E-state index >= 15 is 0 Å². The van der Waals surface area contributed by atoms with E-state index in [2.05, 4.69) is 41.4 Å². The van der Waals surface area contributed by atoms with Gasteiger partial charge in [0.25, 0.3) is 0 Å². The summed E-state index contributed by atoms with van der Waals surface area (Å²) < 4.78 is 0. The van der Waals surface area contributed by atoms with Gasteiger partial charge in [-0.2, -0.15) is 0 Å². The van der Waals surface area contributed by atoms with Crippen LogP contribution in [0.2, 0.25) is 0 Å². The zero-order valence-corrected chi connectivity index (χ0v) is 11.8. The van der Waals surface area contributed by atoms with Gasteiger partial charge in [-0.15, -0.1) is 0 Å². The Morgan fingerprint density at radius 1 is 1.16 bits per heavy atom. The molecule has 0 amide bonds. The minimum absolute atomic E-state index is 0.773. The van der Waals surface area contributed by atoms with Crippen molar-refractivity contribution in [3.63, 3.8) is 0 Å². The van der Waals surface area contributed by atoms with Crippen molar-refractivity contribution < 1.29 is 0 Å². The van der Waals surface area contributed by atoms with Crippen molar-refractivity contribution in [1.82, 2.24) is 10.2 Å². The van der Waals surface area contributed by atoms with Gasteiger partial charge in [0.05, 0.1) is 0 Å². The Bertz CT molecular complexity index is 470. The van der Waals surface area contributed by atoms with Crippen LogP contribution in [0.1, 0.15) is 24.5 Å². The fraction of sp³-hybridized carbons (Fsp3) is 0.647. The molecule has 2 fully saturated rings. The molecule has 3 aliphatic rings. The van der Waals surface area contributed by atoms with Gasteiger partial charge in [0.15, 0.2) is 0 Å². The van der Waals surface area contributed by atoms with E-state index in [4.69, 9.17) is 0 Å². The second-order valence-corrected chi connectivity index (χ2v) is 6.68. The van der Waals surface area contributed by atoms with Crippen molar-refractivity contribution in [2.45, 2.75) is 38.3 Å². The van der Waals surface area contributed by atoms with Crippen LogP contribution in [0.4, 0.5) is 0 Å². The fourth-order valence-corrected chi connectivity index (χ4v) is 4.64. The maximum Gasteiger partial charge on any atom is 0.0142 e. The number of fused-ring (bicyclic) bond motifs is 2. The molecule has 1 aromatic carbocycles. The Morgan fingerprint density at radius 3 is 2.84 bits per heavy atom. The minimum atomic E-state index is 0.773. The molecule has 4 unspecified atom stereocenters. The summed E-state index contributed by atoms with van der Waals surface area (Å²) in [4.78, 5) is 2.83. The van der Waals surface area contributed by atoms with Crippen molar-refractivity contribution in [1.29, 1.82) is 0 Å². The van der Waals surface area contributed by atoms with Crippen molar-refractivity contribution in [3.05, 3.63) is 35.4 Å². The molecule has 2 heteroatoms. The zero-order valence-electron chi connectivity index (χ0n) is 11.8. The summed E-state index contributed by atoms with van der Waals surface area (Å²) >= 11 is 0. The normalized spacial score (nSPS) is 38.2. The Morgan fingerprint density at radius 2 is 2.00 bits per heavy atom. The average molecular weight is 256 g/mol. The smallest absolute Gasteiger partial charge is 0.0142 e. The molecule has 4 rings (SSSR count). The number of nitrogens with zero attached hydrogens (tertiary/aromatic N) is 1. The first-order chi connectivity index (χ1) is 9.33. The Hall–Kier alpha value is -0.860. The Labute approximate surface area is 116 Å². The van der Waals surface area contributed by atoms with E-state index in [1.807, 2.05) is 0 Å². The van der Waals surface area contributed by atoms with Gasteiger partial charge < -0.3 is 5.32 Å². The number of hydrogen-bond acceptors (Lipinski definition) is 2. The second kappa shape index (κ2) is 4.60. The van der Waals surface area contributed by atoms with Gasteiger partial charge in [-0.1, -0.05) is 24.3 Å². The summed E-state index contributed by atoms with van der Waals surface area (Å²) in [5, 5.41) is 3.57. The summed E-state index contributed by atoms with van der Waals surface area (Å²) in [6.45, 7) is 6.27. The van der Waals surface area contributed by atoms with Crippen LogP contribution in [0.15, 0.2) is 24.3 Å². The van der Waals surface area contributed by atoms with Crippen LogP contribution in [-0.2, 0) is 12.8 Å². The largest absolute Gasteiger partial charge is 0.316 e. The maximum atomic E-state index is 3.57. The van der Waals surface area contributed by atoms with Crippen molar-refractivity contribution >= 4 is 0 Å². The average Bonchev–Trinajstić information content (AvgIpc) is 3.02. The zero-order chi connectivity index (χ0) is 12.8. The first-order valence-electron chi connectivity index (χ1n) is 7.86. The van der Waals surface area contributed by atoms with Gasteiger partial charge in [0.1, 0.15) is 0 Å². The van der Waals surface area contributed by atoms with Crippen LogP contribution in [0.3, 0.4) is 0 Å². The van der Waals surface area contributed by atoms with Gasteiger partial charge in [-0.05, 0) is 62.2 Å². The predicted octanol–water partition coefficient (Wildman–Crippen LogP) is 2.08. The lowest BCUT2D eigenvalue weighted by Crippen LogP contribution is -2.43. The quantitative estimate of drug-likeness (QED) is 0.827. The highest BCUT2D eigenvalue weighted by molar-refractivity contribution is 5.30. The molecule has 2 aliphatic heterocycles. The van der Waals surface area contributed by atoms with E-state index in [-0.39, 0.29) is 0 Å². The summed E-state index contributed by atoms with van der Waals surface area (Å²) in [6, 6.07) is 10.6. The van der Waals surface area contributed by atoms with Crippen LogP contribution in [0, 0.1) is 11.8 Å². The van der Waals surface area contributed by atoms with Crippen LogP contribution in [0.25, 0.3) is 0 Å².